The summed E-state index contributed by atoms with van der Waals surface area (Å²) in [6.45, 7) is 1.68. The molecule has 1 amide bonds. The molecule has 1 heterocycles. The number of hydrogen-bond acceptors (Lipinski definition) is 5. The van der Waals surface area contributed by atoms with Crippen molar-refractivity contribution in [2.75, 3.05) is 25.0 Å². The molecule has 124 valence electrons. The van der Waals surface area contributed by atoms with Gasteiger partial charge in [-0.2, -0.15) is 0 Å². The number of amides is 1. The van der Waals surface area contributed by atoms with Crippen LogP contribution >= 0.6 is 0 Å². The summed E-state index contributed by atoms with van der Waals surface area (Å²) in [6.07, 6.45) is 4.39. The van der Waals surface area contributed by atoms with Crippen LogP contribution in [-0.4, -0.2) is 46.1 Å². The maximum absolute atomic E-state index is 12.5. The van der Waals surface area contributed by atoms with Crippen LogP contribution in [0.15, 0.2) is 18.2 Å². The molecule has 0 unspecified atom stereocenters. The molecule has 0 bridgehead atoms. The highest BCUT2D eigenvalue weighted by Gasteiger charge is 2.34. The summed E-state index contributed by atoms with van der Waals surface area (Å²) in [5.41, 5.74) is -0.128. The summed E-state index contributed by atoms with van der Waals surface area (Å²) in [5.74, 6) is -0.291. The van der Waals surface area contributed by atoms with Crippen LogP contribution in [0.4, 0.5) is 11.4 Å². The minimum Gasteiger partial charge on any atom is -0.388 e. The minimum absolute atomic E-state index is 0.113. The first-order valence-electron chi connectivity index (χ1n) is 8.02. The molecule has 1 saturated carbocycles. The molecule has 1 saturated heterocycles. The number of hydrogen-bond donors (Lipinski definition) is 2. The third kappa shape index (κ3) is 3.29. The Morgan fingerprint density at radius 3 is 2.57 bits per heavy atom. The van der Waals surface area contributed by atoms with Crippen molar-refractivity contribution in [2.45, 2.75) is 37.7 Å². The van der Waals surface area contributed by atoms with Crippen molar-refractivity contribution in [1.82, 2.24) is 4.90 Å². The topological polar surface area (TPSA) is 95.7 Å². The maximum Gasteiger partial charge on any atom is 0.282 e. The van der Waals surface area contributed by atoms with Crippen molar-refractivity contribution in [3.63, 3.8) is 0 Å². The molecular weight excluding hydrogens is 298 g/mol. The molecule has 2 N–H and O–H groups in total. The summed E-state index contributed by atoms with van der Waals surface area (Å²) in [5, 5.41) is 24.4. The summed E-state index contributed by atoms with van der Waals surface area (Å²) >= 11 is 0. The fraction of sp³-hybridized carbons (Fsp3) is 0.562. The molecule has 2 aliphatic rings. The van der Waals surface area contributed by atoms with Crippen LogP contribution < -0.4 is 5.32 Å². The number of likely N-dealkylation sites (tertiary alicyclic amines) is 1. The van der Waals surface area contributed by atoms with E-state index in [1.165, 1.54) is 12.1 Å². The van der Waals surface area contributed by atoms with Gasteiger partial charge in [0.25, 0.3) is 11.6 Å². The highest BCUT2D eigenvalue weighted by Crippen LogP contribution is 2.32. The van der Waals surface area contributed by atoms with E-state index in [9.17, 15) is 20.0 Å². The number of benzene rings is 1. The molecular formula is C16H21N3O4. The van der Waals surface area contributed by atoms with Crippen LogP contribution in [0.1, 0.15) is 42.5 Å². The predicted octanol–water partition coefficient (Wildman–Crippen LogP) is 2.16. The lowest BCUT2D eigenvalue weighted by Crippen LogP contribution is -2.43. The van der Waals surface area contributed by atoms with Gasteiger partial charge in [-0.1, -0.05) is 0 Å². The lowest BCUT2D eigenvalue weighted by atomic mass is 9.80. The third-order valence-corrected chi connectivity index (χ3v) is 4.72. The Morgan fingerprint density at radius 2 is 2.00 bits per heavy atom. The molecule has 7 nitrogen and oxygen atoms in total. The van der Waals surface area contributed by atoms with Crippen molar-refractivity contribution in [3.8, 4) is 0 Å². The number of carbonyl (C=O) groups excluding carboxylic acids is 1. The largest absolute Gasteiger partial charge is 0.388 e. The van der Waals surface area contributed by atoms with Crippen molar-refractivity contribution < 1.29 is 14.8 Å². The normalized spacial score (nSPS) is 19.3. The molecule has 23 heavy (non-hydrogen) atoms. The number of rotatable bonds is 5. The van der Waals surface area contributed by atoms with E-state index in [0.29, 0.717) is 25.3 Å². The first kappa shape index (κ1) is 15.7. The first-order valence-corrected chi connectivity index (χ1v) is 8.02. The Kier molecular flexibility index (Phi) is 4.21. The van der Waals surface area contributed by atoms with Gasteiger partial charge in [-0.05, 0) is 44.2 Å². The summed E-state index contributed by atoms with van der Waals surface area (Å²) in [6, 6.07) is 4.47. The molecule has 0 radical (unpaired) electrons. The van der Waals surface area contributed by atoms with E-state index < -0.39 is 10.5 Å². The maximum atomic E-state index is 12.5. The Morgan fingerprint density at radius 1 is 1.30 bits per heavy atom. The van der Waals surface area contributed by atoms with Crippen LogP contribution in [-0.2, 0) is 0 Å². The molecule has 1 aliphatic carbocycles. The molecule has 7 heteroatoms. The number of nitrogens with one attached hydrogen (secondary N) is 1. The van der Waals surface area contributed by atoms with Gasteiger partial charge in [-0.15, -0.1) is 0 Å². The fourth-order valence-corrected chi connectivity index (χ4v) is 3.10. The van der Waals surface area contributed by atoms with Crippen molar-refractivity contribution in [2.24, 2.45) is 0 Å². The Labute approximate surface area is 134 Å². The summed E-state index contributed by atoms with van der Waals surface area (Å²) in [4.78, 5) is 24.9. The van der Waals surface area contributed by atoms with E-state index in [-0.39, 0.29) is 17.2 Å². The zero-order valence-electron chi connectivity index (χ0n) is 13.0. The van der Waals surface area contributed by atoms with Crippen molar-refractivity contribution in [1.29, 1.82) is 0 Å². The lowest BCUT2D eigenvalue weighted by molar-refractivity contribution is -0.385. The first-order chi connectivity index (χ1) is 11.0. The second kappa shape index (κ2) is 6.16. The average Bonchev–Trinajstić information content (AvgIpc) is 3.04. The van der Waals surface area contributed by atoms with Crippen molar-refractivity contribution >= 4 is 17.3 Å². The summed E-state index contributed by atoms with van der Waals surface area (Å²) in [7, 11) is 0. The van der Waals surface area contributed by atoms with Gasteiger partial charge in [0, 0.05) is 31.4 Å². The van der Waals surface area contributed by atoms with Gasteiger partial charge in [-0.25, -0.2) is 0 Å². The zero-order chi connectivity index (χ0) is 16.4. The lowest BCUT2D eigenvalue weighted by Gasteiger charge is -2.36. The van der Waals surface area contributed by atoms with Crippen LogP contribution in [0.2, 0.25) is 0 Å². The van der Waals surface area contributed by atoms with Crippen LogP contribution in [0, 0.1) is 10.1 Å². The molecule has 3 rings (SSSR count). The molecule has 0 atom stereocenters. The number of aliphatic hydroxyl groups is 1. The van der Waals surface area contributed by atoms with E-state index in [4.69, 9.17) is 0 Å². The second-order valence-corrected chi connectivity index (χ2v) is 6.42. The van der Waals surface area contributed by atoms with Gasteiger partial charge in [0.1, 0.15) is 5.56 Å². The average molecular weight is 319 g/mol. The highest BCUT2D eigenvalue weighted by atomic mass is 16.6. The van der Waals surface area contributed by atoms with E-state index in [2.05, 4.69) is 5.32 Å². The van der Waals surface area contributed by atoms with Crippen LogP contribution in [0.25, 0.3) is 0 Å². The molecule has 1 aromatic rings. The van der Waals surface area contributed by atoms with Crippen LogP contribution in [0.3, 0.4) is 0 Å². The third-order valence-electron chi connectivity index (χ3n) is 4.72. The Hall–Kier alpha value is -2.15. The number of nitro groups is 1. The van der Waals surface area contributed by atoms with Gasteiger partial charge in [0.15, 0.2) is 0 Å². The Bertz CT molecular complexity index is 622. The molecule has 1 aliphatic heterocycles. The molecule has 0 spiro atoms. The van der Waals surface area contributed by atoms with Gasteiger partial charge in [-0.3, -0.25) is 14.9 Å². The molecule has 2 fully saturated rings. The number of carbonyl (C=O) groups is 1. The highest BCUT2D eigenvalue weighted by molar-refractivity contribution is 5.99. The monoisotopic (exact) mass is 319 g/mol. The van der Waals surface area contributed by atoms with Gasteiger partial charge >= 0.3 is 0 Å². The van der Waals surface area contributed by atoms with Gasteiger partial charge in [0.05, 0.1) is 10.5 Å². The molecule has 0 aromatic heterocycles. The fourth-order valence-electron chi connectivity index (χ4n) is 3.10. The van der Waals surface area contributed by atoms with Gasteiger partial charge in [0.2, 0.25) is 0 Å². The summed E-state index contributed by atoms with van der Waals surface area (Å²) < 4.78 is 0. The van der Waals surface area contributed by atoms with E-state index in [1.54, 1.807) is 11.0 Å². The predicted molar refractivity (Wildman–Crippen MR) is 85.5 cm³/mol. The zero-order valence-corrected chi connectivity index (χ0v) is 13.0. The SMILES string of the molecule is O=C(c1cc(NCC2(O)CCC2)ccc1[N+](=O)[O-])N1CCCC1. The standard InChI is InChI=1S/C16H21N3O4/c20-15(18-8-1-2-9-18)13-10-12(4-5-14(13)19(22)23)17-11-16(21)6-3-7-16/h4-5,10,17,21H,1-3,6-9,11H2. The van der Waals surface area contributed by atoms with E-state index in [0.717, 1.165) is 32.1 Å². The number of nitrogens with zero attached hydrogens (tertiary/aromatic N) is 2. The second-order valence-electron chi connectivity index (χ2n) is 6.42. The Balaban J connectivity index is 1.80. The van der Waals surface area contributed by atoms with Crippen molar-refractivity contribution in [3.05, 3.63) is 33.9 Å². The minimum atomic E-state index is -0.694. The van der Waals surface area contributed by atoms with Gasteiger partial charge < -0.3 is 15.3 Å². The van der Waals surface area contributed by atoms with Crippen LogP contribution in [0.5, 0.6) is 0 Å². The number of anilines is 1. The number of nitro benzene ring substituents is 1. The smallest absolute Gasteiger partial charge is 0.282 e. The van der Waals surface area contributed by atoms with E-state index >= 15 is 0 Å². The van der Waals surface area contributed by atoms with E-state index in [1.807, 2.05) is 0 Å². The molecule has 1 aromatic carbocycles. The quantitative estimate of drug-likeness (QED) is 0.640.